The molecule has 1 aliphatic rings. The van der Waals surface area contributed by atoms with Crippen molar-refractivity contribution in [2.24, 2.45) is 5.92 Å². The first-order valence-corrected chi connectivity index (χ1v) is 9.19. The van der Waals surface area contributed by atoms with Crippen molar-refractivity contribution in [3.8, 4) is 5.88 Å². The van der Waals surface area contributed by atoms with E-state index in [0.29, 0.717) is 5.69 Å². The van der Waals surface area contributed by atoms with E-state index < -0.39 is 18.8 Å². The fourth-order valence-corrected chi connectivity index (χ4v) is 3.30. The quantitative estimate of drug-likeness (QED) is 0.654. The molecule has 0 saturated heterocycles. The van der Waals surface area contributed by atoms with Crippen LogP contribution < -0.4 is 10.1 Å². The van der Waals surface area contributed by atoms with Gasteiger partial charge < -0.3 is 15.0 Å². The average molecular weight is 404 g/mol. The Kier molecular flexibility index (Phi) is 4.89. The number of carbonyl (C=O) groups excluding carboxylic acids is 1. The fourth-order valence-electron chi connectivity index (χ4n) is 3.30. The summed E-state index contributed by atoms with van der Waals surface area (Å²) in [5.41, 5.74) is 2.54. The first-order chi connectivity index (χ1) is 13.8. The second kappa shape index (κ2) is 7.38. The molecule has 0 unspecified atom stereocenters. The Morgan fingerprint density at radius 3 is 2.79 bits per heavy atom. The number of H-pyrrole nitrogens is 1. The van der Waals surface area contributed by atoms with Gasteiger partial charge in [0.05, 0.1) is 24.1 Å². The van der Waals surface area contributed by atoms with Crippen LogP contribution >= 0.6 is 0 Å². The van der Waals surface area contributed by atoms with Crippen molar-refractivity contribution in [3.05, 3.63) is 54.1 Å². The van der Waals surface area contributed by atoms with Crippen LogP contribution in [0, 0.1) is 5.92 Å². The van der Waals surface area contributed by atoms with Gasteiger partial charge in [0.2, 0.25) is 11.8 Å². The number of para-hydroxylation sites is 1. The molecule has 0 spiro atoms. The lowest BCUT2D eigenvalue weighted by Crippen LogP contribution is -2.29. The van der Waals surface area contributed by atoms with Gasteiger partial charge >= 0.3 is 6.18 Å². The lowest BCUT2D eigenvalue weighted by molar-refractivity contribution is -0.154. The minimum atomic E-state index is -4.44. The highest BCUT2D eigenvalue weighted by atomic mass is 19.4. The molecule has 1 aromatic carbocycles. The highest BCUT2D eigenvalue weighted by Gasteiger charge is 2.45. The van der Waals surface area contributed by atoms with E-state index in [1.807, 2.05) is 24.3 Å². The second-order valence-corrected chi connectivity index (χ2v) is 7.17. The lowest BCUT2D eigenvalue weighted by Gasteiger charge is -2.14. The fraction of sp³-hybridized carbons (Fsp3) is 0.350. The third-order valence-corrected chi connectivity index (χ3v) is 4.91. The van der Waals surface area contributed by atoms with Crippen LogP contribution in [0.1, 0.15) is 36.7 Å². The van der Waals surface area contributed by atoms with Crippen molar-refractivity contribution >= 4 is 16.8 Å². The molecule has 1 saturated carbocycles. The van der Waals surface area contributed by atoms with Gasteiger partial charge in [-0.05, 0) is 30.9 Å². The van der Waals surface area contributed by atoms with E-state index in [0.717, 1.165) is 29.2 Å². The van der Waals surface area contributed by atoms with Crippen LogP contribution in [-0.2, 0) is 4.79 Å². The molecule has 9 heteroatoms. The van der Waals surface area contributed by atoms with Gasteiger partial charge in [-0.2, -0.15) is 13.2 Å². The zero-order chi connectivity index (χ0) is 20.6. The summed E-state index contributed by atoms with van der Waals surface area (Å²) in [5, 5.41) is 4.01. The molecule has 2 heterocycles. The van der Waals surface area contributed by atoms with E-state index >= 15 is 0 Å². The van der Waals surface area contributed by atoms with Crippen LogP contribution in [0.2, 0.25) is 0 Å². The third kappa shape index (κ3) is 4.49. The molecular weight excluding hydrogens is 385 g/mol. The number of nitrogens with one attached hydrogen (secondary N) is 2. The van der Waals surface area contributed by atoms with Crippen molar-refractivity contribution in [1.82, 2.24) is 20.3 Å². The number of nitrogens with zero attached hydrogens (tertiary/aromatic N) is 2. The van der Waals surface area contributed by atoms with Gasteiger partial charge in [0.15, 0.2) is 6.61 Å². The number of hydrogen-bond acceptors (Lipinski definition) is 4. The predicted octanol–water partition coefficient (Wildman–Crippen LogP) is 3.88. The lowest BCUT2D eigenvalue weighted by atomic mass is 10.2. The Hall–Kier alpha value is -3.10. The molecule has 0 aliphatic heterocycles. The highest BCUT2D eigenvalue weighted by molar-refractivity contribution is 5.85. The van der Waals surface area contributed by atoms with E-state index in [-0.39, 0.29) is 23.6 Å². The first-order valence-electron chi connectivity index (χ1n) is 9.19. The predicted molar refractivity (Wildman–Crippen MR) is 99.3 cm³/mol. The van der Waals surface area contributed by atoms with Crippen molar-refractivity contribution in [2.75, 3.05) is 6.61 Å². The van der Waals surface area contributed by atoms with Crippen LogP contribution in [0.15, 0.2) is 42.7 Å². The number of hydrogen-bond donors (Lipinski definition) is 2. The zero-order valence-corrected chi connectivity index (χ0v) is 15.5. The molecule has 6 nitrogen and oxygen atoms in total. The average Bonchev–Trinajstić information content (AvgIpc) is 3.38. The molecule has 2 aromatic heterocycles. The minimum Gasteiger partial charge on any atom is -0.467 e. The summed E-state index contributed by atoms with van der Waals surface area (Å²) in [6, 6.07) is 9.60. The van der Waals surface area contributed by atoms with E-state index in [1.54, 1.807) is 6.92 Å². The number of amides is 1. The van der Waals surface area contributed by atoms with Crippen molar-refractivity contribution in [3.63, 3.8) is 0 Å². The highest BCUT2D eigenvalue weighted by Crippen LogP contribution is 2.48. The molecule has 0 bridgehead atoms. The third-order valence-electron chi connectivity index (χ3n) is 4.91. The number of halogens is 3. The molecular formula is C20H19F3N4O2. The summed E-state index contributed by atoms with van der Waals surface area (Å²) in [6.07, 6.45) is -1.25. The summed E-state index contributed by atoms with van der Waals surface area (Å²) in [6.45, 7) is 0.322. The van der Waals surface area contributed by atoms with Gasteiger partial charge in [0.25, 0.3) is 0 Å². The smallest absolute Gasteiger partial charge is 0.422 e. The summed E-state index contributed by atoms with van der Waals surface area (Å²) in [7, 11) is 0. The number of aromatic amines is 1. The van der Waals surface area contributed by atoms with Gasteiger partial charge in [0, 0.05) is 23.0 Å². The summed E-state index contributed by atoms with van der Waals surface area (Å²) in [4.78, 5) is 23.8. The Labute approximate surface area is 164 Å². The number of carbonyl (C=O) groups is 1. The number of ether oxygens (including phenoxy) is 1. The Bertz CT molecular complexity index is 983. The van der Waals surface area contributed by atoms with Crippen molar-refractivity contribution < 1.29 is 22.7 Å². The molecule has 2 N–H and O–H groups in total. The second-order valence-electron chi connectivity index (χ2n) is 7.17. The van der Waals surface area contributed by atoms with Gasteiger partial charge in [-0.1, -0.05) is 18.2 Å². The molecule has 3 atom stereocenters. The molecule has 152 valence electrons. The van der Waals surface area contributed by atoms with E-state index in [2.05, 4.69) is 31.1 Å². The molecule has 3 aromatic rings. The maximum atomic E-state index is 12.5. The van der Waals surface area contributed by atoms with E-state index in [9.17, 15) is 18.0 Å². The van der Waals surface area contributed by atoms with Gasteiger partial charge in [-0.25, -0.2) is 4.98 Å². The Balaban J connectivity index is 1.33. The maximum absolute atomic E-state index is 12.5. The van der Waals surface area contributed by atoms with Crippen LogP contribution in [0.3, 0.4) is 0 Å². The van der Waals surface area contributed by atoms with E-state index in [1.165, 1.54) is 6.20 Å². The topological polar surface area (TPSA) is 79.9 Å². The van der Waals surface area contributed by atoms with Gasteiger partial charge in [-0.3, -0.25) is 9.78 Å². The van der Waals surface area contributed by atoms with Crippen molar-refractivity contribution in [2.45, 2.75) is 31.5 Å². The normalized spacial score (nSPS) is 19.7. The number of fused-ring (bicyclic) bond motifs is 1. The monoisotopic (exact) mass is 404 g/mol. The summed E-state index contributed by atoms with van der Waals surface area (Å²) >= 11 is 0. The zero-order valence-electron chi connectivity index (χ0n) is 15.5. The largest absolute Gasteiger partial charge is 0.467 e. The van der Waals surface area contributed by atoms with Crippen LogP contribution in [-0.4, -0.2) is 33.6 Å². The van der Waals surface area contributed by atoms with Crippen LogP contribution in [0.4, 0.5) is 13.2 Å². The standard InChI is InChI=1S/C20H19F3N4O2/c1-11(17-8-25-18(9-24-17)29-10-20(21,22)23)26-19(28)14-7-13(14)16-6-12-4-2-3-5-15(12)27-16/h2-6,8-9,11,13-14,27H,7,10H2,1H3,(H,26,28)/t11-,13+,14+/m1/s1. The molecule has 1 amide bonds. The van der Waals surface area contributed by atoms with Gasteiger partial charge in [0.1, 0.15) is 0 Å². The van der Waals surface area contributed by atoms with Gasteiger partial charge in [-0.15, -0.1) is 0 Å². The number of rotatable bonds is 6. The van der Waals surface area contributed by atoms with E-state index in [4.69, 9.17) is 0 Å². The molecule has 1 aliphatic carbocycles. The SMILES string of the molecule is C[C@@H](NC(=O)[C@H]1C[C@@H]1c1cc2ccccc2[nH]1)c1cnc(OCC(F)(F)F)cn1. The molecule has 0 radical (unpaired) electrons. The Morgan fingerprint density at radius 1 is 1.31 bits per heavy atom. The Morgan fingerprint density at radius 2 is 2.10 bits per heavy atom. The van der Waals surface area contributed by atoms with Crippen molar-refractivity contribution in [1.29, 1.82) is 0 Å². The number of benzene rings is 1. The summed E-state index contributed by atoms with van der Waals surface area (Å²) < 4.78 is 41.0. The molecule has 4 rings (SSSR count). The summed E-state index contributed by atoms with van der Waals surface area (Å²) in [5.74, 6) is -0.266. The maximum Gasteiger partial charge on any atom is 0.422 e. The first kappa shape index (κ1) is 19.2. The number of aromatic nitrogens is 3. The molecule has 1 fully saturated rings. The van der Waals surface area contributed by atoms with Crippen LogP contribution in [0.5, 0.6) is 5.88 Å². The minimum absolute atomic E-state index is 0.0830. The molecule has 29 heavy (non-hydrogen) atoms. The number of alkyl halides is 3. The van der Waals surface area contributed by atoms with Crippen LogP contribution in [0.25, 0.3) is 10.9 Å².